The van der Waals surface area contributed by atoms with Crippen LogP contribution in [0.3, 0.4) is 0 Å². The van der Waals surface area contributed by atoms with Crippen molar-refractivity contribution in [1.29, 1.82) is 0 Å². The van der Waals surface area contributed by atoms with Gasteiger partial charge in [-0.2, -0.15) is 0 Å². The maximum absolute atomic E-state index is 12.4. The van der Waals surface area contributed by atoms with Crippen molar-refractivity contribution >= 4 is 16.9 Å². The molecule has 5 heteroatoms. The maximum Gasteiger partial charge on any atom is 0.171 e. The second-order valence-electron chi connectivity index (χ2n) is 6.46. The molecule has 0 saturated carbocycles. The Balaban J connectivity index is 2.54. The van der Waals surface area contributed by atoms with Gasteiger partial charge in [-0.1, -0.05) is 34.6 Å². The van der Waals surface area contributed by atoms with E-state index in [1.54, 1.807) is 12.4 Å². The van der Waals surface area contributed by atoms with E-state index < -0.39 is 11.5 Å². The van der Waals surface area contributed by atoms with E-state index in [2.05, 4.69) is 15.0 Å². The smallest absolute Gasteiger partial charge is 0.171 e. The molecule has 0 saturated heterocycles. The third-order valence-corrected chi connectivity index (χ3v) is 3.26. The van der Waals surface area contributed by atoms with Crippen molar-refractivity contribution in [1.82, 2.24) is 15.0 Å². The molecule has 2 aromatic rings. The lowest BCUT2D eigenvalue weighted by atomic mass is 9.87. The highest BCUT2D eigenvalue weighted by molar-refractivity contribution is 6.08. The minimum Gasteiger partial charge on any atom is -0.386 e. The molecule has 0 radical (unpaired) electrons. The van der Waals surface area contributed by atoms with Crippen LogP contribution in [0.15, 0.2) is 12.4 Å². The largest absolute Gasteiger partial charge is 0.386 e. The summed E-state index contributed by atoms with van der Waals surface area (Å²) in [7, 11) is 0. The third-order valence-electron chi connectivity index (χ3n) is 3.26. The van der Waals surface area contributed by atoms with Crippen molar-refractivity contribution in [2.24, 2.45) is 11.3 Å². The van der Waals surface area contributed by atoms with Crippen molar-refractivity contribution in [3.05, 3.63) is 23.7 Å². The summed E-state index contributed by atoms with van der Waals surface area (Å²) in [6.45, 7) is 9.43. The molecule has 2 rings (SSSR count). The zero-order chi connectivity index (χ0) is 15.1. The van der Waals surface area contributed by atoms with Crippen molar-refractivity contribution in [2.75, 3.05) is 0 Å². The molecule has 0 aliphatic carbocycles. The first-order valence-corrected chi connectivity index (χ1v) is 6.78. The fourth-order valence-corrected chi connectivity index (χ4v) is 1.97. The standard InChI is InChI=1S/C15H21N3O2/c1-8(2)12(19)10-7-17-14-11(18-10)9(6-16-14)13(20)15(3,4)5/h6-8,12,19H,1-5H3,(H,16,17). The molecule has 108 valence electrons. The Morgan fingerprint density at radius 2 is 2.00 bits per heavy atom. The summed E-state index contributed by atoms with van der Waals surface area (Å²) >= 11 is 0. The van der Waals surface area contributed by atoms with Gasteiger partial charge in [0.25, 0.3) is 0 Å². The topological polar surface area (TPSA) is 78.9 Å². The number of rotatable bonds is 3. The number of hydrogen-bond donors (Lipinski definition) is 2. The van der Waals surface area contributed by atoms with Crippen molar-refractivity contribution in [3.8, 4) is 0 Å². The highest BCUT2D eigenvalue weighted by Crippen LogP contribution is 2.26. The van der Waals surface area contributed by atoms with Gasteiger partial charge < -0.3 is 10.1 Å². The third kappa shape index (κ3) is 2.58. The molecule has 0 spiro atoms. The van der Waals surface area contributed by atoms with E-state index in [0.717, 1.165) is 0 Å². The van der Waals surface area contributed by atoms with Gasteiger partial charge in [0.05, 0.1) is 23.6 Å². The molecular formula is C15H21N3O2. The maximum atomic E-state index is 12.4. The lowest BCUT2D eigenvalue weighted by molar-refractivity contribution is 0.0859. The fourth-order valence-electron chi connectivity index (χ4n) is 1.97. The number of aromatic amines is 1. The predicted octanol–water partition coefficient (Wildman–Crippen LogP) is 2.88. The summed E-state index contributed by atoms with van der Waals surface area (Å²) in [5, 5.41) is 10.1. The number of fused-ring (bicyclic) bond motifs is 1. The summed E-state index contributed by atoms with van der Waals surface area (Å²) in [4.78, 5) is 24.0. The minimum absolute atomic E-state index is 0.00855. The lowest BCUT2D eigenvalue weighted by Gasteiger charge is -2.16. The number of hydrogen-bond acceptors (Lipinski definition) is 4. The Hall–Kier alpha value is -1.75. The van der Waals surface area contributed by atoms with Gasteiger partial charge in [0.15, 0.2) is 11.4 Å². The average Bonchev–Trinajstić information content (AvgIpc) is 2.78. The van der Waals surface area contributed by atoms with Crippen molar-refractivity contribution < 1.29 is 9.90 Å². The van der Waals surface area contributed by atoms with Gasteiger partial charge >= 0.3 is 0 Å². The molecule has 0 aliphatic rings. The summed E-state index contributed by atoms with van der Waals surface area (Å²) < 4.78 is 0. The number of aliphatic hydroxyl groups excluding tert-OH is 1. The zero-order valence-electron chi connectivity index (χ0n) is 12.6. The Labute approximate surface area is 118 Å². The number of H-pyrrole nitrogens is 1. The molecule has 0 amide bonds. The molecular weight excluding hydrogens is 254 g/mol. The summed E-state index contributed by atoms with van der Waals surface area (Å²) in [6.07, 6.45) is 2.51. The first kappa shape index (κ1) is 14.7. The highest BCUT2D eigenvalue weighted by Gasteiger charge is 2.27. The average molecular weight is 275 g/mol. The molecule has 0 aromatic carbocycles. The van der Waals surface area contributed by atoms with E-state index in [-0.39, 0.29) is 11.7 Å². The SMILES string of the molecule is CC(C)C(O)c1cnc2[nH]cc(C(=O)C(C)(C)C)c2n1. The number of nitrogens with zero attached hydrogens (tertiary/aromatic N) is 2. The summed E-state index contributed by atoms with van der Waals surface area (Å²) in [5.74, 6) is 0.0525. The van der Waals surface area contributed by atoms with Crippen LogP contribution in [0.2, 0.25) is 0 Å². The van der Waals surface area contributed by atoms with Crippen LogP contribution in [0.25, 0.3) is 11.2 Å². The summed E-state index contributed by atoms with van der Waals surface area (Å²) in [5.41, 5.74) is 1.64. The van der Waals surface area contributed by atoms with Crippen molar-refractivity contribution in [2.45, 2.75) is 40.7 Å². The van der Waals surface area contributed by atoms with Crippen LogP contribution in [0.5, 0.6) is 0 Å². The highest BCUT2D eigenvalue weighted by atomic mass is 16.3. The Bertz CT molecular complexity index is 638. The molecule has 1 unspecified atom stereocenters. The van der Waals surface area contributed by atoms with Gasteiger partial charge in [0, 0.05) is 11.6 Å². The minimum atomic E-state index is -0.681. The van der Waals surface area contributed by atoms with Crippen LogP contribution in [0.1, 0.15) is 56.8 Å². The quantitative estimate of drug-likeness (QED) is 0.844. The molecule has 20 heavy (non-hydrogen) atoms. The van der Waals surface area contributed by atoms with Crippen LogP contribution in [0.4, 0.5) is 0 Å². The van der Waals surface area contributed by atoms with E-state index in [9.17, 15) is 9.90 Å². The molecule has 0 aliphatic heterocycles. The van der Waals surface area contributed by atoms with Gasteiger partial charge in [-0.3, -0.25) is 4.79 Å². The number of Topliss-reactive ketones (excluding diaryl/α,β-unsaturated/α-hetero) is 1. The fraction of sp³-hybridized carbons (Fsp3) is 0.533. The number of ketones is 1. The molecule has 2 heterocycles. The van der Waals surface area contributed by atoms with E-state index in [1.165, 1.54) is 0 Å². The van der Waals surface area contributed by atoms with Crippen LogP contribution in [-0.4, -0.2) is 25.8 Å². The van der Waals surface area contributed by atoms with Crippen molar-refractivity contribution in [3.63, 3.8) is 0 Å². The molecule has 1 atom stereocenters. The Kier molecular flexibility index (Phi) is 3.65. The second kappa shape index (κ2) is 4.98. The number of aliphatic hydroxyl groups is 1. The Morgan fingerprint density at radius 3 is 2.55 bits per heavy atom. The van der Waals surface area contributed by atoms with Gasteiger partial charge in [-0.25, -0.2) is 9.97 Å². The van der Waals surface area contributed by atoms with Crippen LogP contribution < -0.4 is 0 Å². The number of carbonyl (C=O) groups is 1. The van der Waals surface area contributed by atoms with Gasteiger partial charge in [0.2, 0.25) is 0 Å². The molecule has 2 aromatic heterocycles. The van der Waals surface area contributed by atoms with Crippen LogP contribution >= 0.6 is 0 Å². The first-order valence-electron chi connectivity index (χ1n) is 6.78. The molecule has 0 fully saturated rings. The van der Waals surface area contributed by atoms with E-state index in [4.69, 9.17) is 0 Å². The lowest BCUT2D eigenvalue weighted by Crippen LogP contribution is -2.20. The van der Waals surface area contributed by atoms with Gasteiger partial charge in [0.1, 0.15) is 5.52 Å². The van der Waals surface area contributed by atoms with E-state index >= 15 is 0 Å². The monoisotopic (exact) mass is 275 g/mol. The summed E-state index contributed by atoms with van der Waals surface area (Å²) in [6, 6.07) is 0. The zero-order valence-corrected chi connectivity index (χ0v) is 12.6. The first-order chi connectivity index (χ1) is 9.21. The van der Waals surface area contributed by atoms with Gasteiger partial charge in [-0.05, 0) is 5.92 Å². The van der Waals surface area contributed by atoms with E-state index in [0.29, 0.717) is 22.4 Å². The number of nitrogens with one attached hydrogen (secondary N) is 1. The molecule has 0 bridgehead atoms. The molecule has 5 nitrogen and oxygen atoms in total. The van der Waals surface area contributed by atoms with Crippen LogP contribution in [0, 0.1) is 11.3 Å². The normalized spacial score (nSPS) is 13.9. The van der Waals surface area contributed by atoms with Crippen LogP contribution in [-0.2, 0) is 0 Å². The second-order valence-corrected chi connectivity index (χ2v) is 6.46. The predicted molar refractivity (Wildman–Crippen MR) is 77.5 cm³/mol. The van der Waals surface area contributed by atoms with E-state index in [1.807, 2.05) is 34.6 Å². The molecule has 2 N–H and O–H groups in total. The number of aromatic nitrogens is 3. The van der Waals surface area contributed by atoms with Gasteiger partial charge in [-0.15, -0.1) is 0 Å². The number of carbonyl (C=O) groups excluding carboxylic acids is 1. The Morgan fingerprint density at radius 1 is 1.35 bits per heavy atom.